The second kappa shape index (κ2) is 5.29. The van der Waals surface area contributed by atoms with Crippen LogP contribution in [0, 0.1) is 0 Å². The van der Waals surface area contributed by atoms with Gasteiger partial charge in [0.2, 0.25) is 0 Å². The lowest BCUT2D eigenvalue weighted by Gasteiger charge is -2.31. The molecule has 3 heteroatoms. The number of hydrogen-bond donors (Lipinski definition) is 0. The van der Waals surface area contributed by atoms with Crippen LogP contribution in [-0.2, 0) is 13.1 Å². The fraction of sp³-hybridized carbons (Fsp3) is 0.143. The largest absolute Gasteiger partial charge is 0.341 e. The number of hydrogen-bond acceptors (Lipinski definition) is 2. The molecule has 2 nitrogen and oxygen atoms in total. The van der Waals surface area contributed by atoms with Crippen LogP contribution < -0.4 is 9.80 Å². The van der Waals surface area contributed by atoms with E-state index in [1.54, 1.807) is 0 Å². The zero-order valence-corrected chi connectivity index (χ0v) is 13.9. The molecule has 118 valence electrons. The molecule has 2 bridgehead atoms. The lowest BCUT2D eigenvalue weighted by molar-refractivity contribution is 0.626. The first-order valence-electron chi connectivity index (χ1n) is 8.26. The lowest BCUT2D eigenvalue weighted by Crippen LogP contribution is -2.32. The van der Waals surface area contributed by atoms with Crippen molar-refractivity contribution in [3.63, 3.8) is 0 Å². The number of nitrogens with zero attached hydrogens (tertiary/aromatic N) is 2. The van der Waals surface area contributed by atoms with E-state index in [1.807, 2.05) is 12.1 Å². The minimum Gasteiger partial charge on any atom is -0.341 e. The fourth-order valence-electron chi connectivity index (χ4n) is 3.98. The Bertz CT molecular complexity index is 869. The molecule has 24 heavy (non-hydrogen) atoms. The summed E-state index contributed by atoms with van der Waals surface area (Å²) >= 11 is 6.57. The van der Waals surface area contributed by atoms with Crippen molar-refractivity contribution in [1.29, 1.82) is 0 Å². The topological polar surface area (TPSA) is 6.48 Å². The normalized spacial score (nSPS) is 15.9. The van der Waals surface area contributed by atoms with E-state index in [0.29, 0.717) is 0 Å². The Labute approximate surface area is 146 Å². The second-order valence-corrected chi connectivity index (χ2v) is 6.82. The van der Waals surface area contributed by atoms with Gasteiger partial charge in [-0.15, -0.1) is 0 Å². The van der Waals surface area contributed by atoms with Crippen LogP contribution >= 0.6 is 11.6 Å². The van der Waals surface area contributed by atoms with Crippen molar-refractivity contribution < 1.29 is 0 Å². The van der Waals surface area contributed by atoms with Crippen LogP contribution in [0.5, 0.6) is 0 Å². The van der Waals surface area contributed by atoms with Gasteiger partial charge in [-0.2, -0.15) is 0 Å². The minimum absolute atomic E-state index is 0.142. The lowest BCUT2D eigenvalue weighted by atomic mass is 10.1. The molecule has 0 saturated heterocycles. The molecule has 2 aliphatic rings. The van der Waals surface area contributed by atoms with Gasteiger partial charge in [-0.05, 0) is 29.3 Å². The monoisotopic (exact) mass is 332 g/mol. The maximum atomic E-state index is 6.57. The molecule has 0 aromatic heterocycles. The van der Waals surface area contributed by atoms with Gasteiger partial charge < -0.3 is 9.80 Å². The predicted octanol–water partition coefficient (Wildman–Crippen LogP) is 5.38. The van der Waals surface area contributed by atoms with Crippen molar-refractivity contribution in [1.82, 2.24) is 0 Å². The van der Waals surface area contributed by atoms with E-state index in [9.17, 15) is 0 Å². The van der Waals surface area contributed by atoms with E-state index in [2.05, 4.69) is 70.5 Å². The Hall–Kier alpha value is -2.45. The first-order valence-corrected chi connectivity index (χ1v) is 8.64. The van der Waals surface area contributed by atoms with Crippen LogP contribution in [-0.4, -0.2) is 0 Å². The Morgan fingerprint density at radius 2 is 1.17 bits per heavy atom. The zero-order valence-electron chi connectivity index (χ0n) is 13.2. The highest BCUT2D eigenvalue weighted by Crippen LogP contribution is 2.50. The molecule has 0 N–H and O–H groups in total. The van der Waals surface area contributed by atoms with E-state index in [1.165, 1.54) is 28.1 Å². The Kier molecular flexibility index (Phi) is 3.07. The van der Waals surface area contributed by atoms with Gasteiger partial charge in [-0.25, -0.2) is 0 Å². The van der Waals surface area contributed by atoms with Gasteiger partial charge in [-0.1, -0.05) is 66.2 Å². The molecule has 3 aromatic rings. The molecular weight excluding hydrogens is 316 g/mol. The van der Waals surface area contributed by atoms with Crippen LogP contribution in [0.25, 0.3) is 0 Å². The van der Waals surface area contributed by atoms with Crippen LogP contribution in [0.15, 0.2) is 72.8 Å². The summed E-state index contributed by atoms with van der Waals surface area (Å²) in [7, 11) is 0. The number of anilines is 2. The third kappa shape index (κ3) is 1.96. The number of para-hydroxylation sites is 2. The quantitative estimate of drug-likeness (QED) is 0.590. The summed E-state index contributed by atoms with van der Waals surface area (Å²) in [5, 5.41) is 0.830. The van der Waals surface area contributed by atoms with Gasteiger partial charge >= 0.3 is 0 Å². The van der Waals surface area contributed by atoms with E-state index >= 15 is 0 Å². The highest BCUT2D eigenvalue weighted by Gasteiger charge is 2.39. The molecule has 0 atom stereocenters. The van der Waals surface area contributed by atoms with Gasteiger partial charge in [0.1, 0.15) is 6.17 Å². The van der Waals surface area contributed by atoms with Crippen molar-refractivity contribution in [2.24, 2.45) is 0 Å². The maximum absolute atomic E-state index is 6.57. The summed E-state index contributed by atoms with van der Waals surface area (Å²) in [5.41, 5.74) is 6.54. The first-order chi connectivity index (χ1) is 11.8. The molecule has 0 saturated carbocycles. The molecule has 2 heterocycles. The number of benzene rings is 3. The van der Waals surface area contributed by atoms with Crippen LogP contribution in [0.2, 0.25) is 5.02 Å². The van der Waals surface area contributed by atoms with Crippen molar-refractivity contribution in [2.75, 3.05) is 9.80 Å². The van der Waals surface area contributed by atoms with Crippen molar-refractivity contribution in [3.8, 4) is 0 Å². The molecule has 2 aliphatic heterocycles. The van der Waals surface area contributed by atoms with Crippen molar-refractivity contribution >= 4 is 23.0 Å². The van der Waals surface area contributed by atoms with Crippen molar-refractivity contribution in [3.05, 3.63) is 94.5 Å². The van der Waals surface area contributed by atoms with E-state index in [0.717, 1.165) is 18.1 Å². The van der Waals surface area contributed by atoms with Gasteiger partial charge in [-0.3, -0.25) is 0 Å². The first kappa shape index (κ1) is 13.9. The Morgan fingerprint density at radius 3 is 1.75 bits per heavy atom. The van der Waals surface area contributed by atoms with E-state index in [4.69, 9.17) is 11.6 Å². The minimum atomic E-state index is 0.142. The SMILES string of the molecule is Clc1ccccc1C1N2Cc3ccccc3CN1c1ccccc12. The fourth-order valence-corrected chi connectivity index (χ4v) is 4.21. The molecular formula is C21H17ClN2. The summed E-state index contributed by atoms with van der Waals surface area (Å²) in [6.07, 6.45) is 0.142. The summed E-state index contributed by atoms with van der Waals surface area (Å²) in [5.74, 6) is 0. The summed E-state index contributed by atoms with van der Waals surface area (Å²) in [6, 6.07) is 25.6. The highest BCUT2D eigenvalue weighted by molar-refractivity contribution is 6.31. The zero-order chi connectivity index (χ0) is 16.1. The average molecular weight is 333 g/mol. The number of rotatable bonds is 1. The third-order valence-electron chi connectivity index (χ3n) is 5.07. The van der Waals surface area contributed by atoms with E-state index in [-0.39, 0.29) is 6.17 Å². The van der Waals surface area contributed by atoms with Gasteiger partial charge in [0, 0.05) is 23.7 Å². The number of fused-ring (bicyclic) bond motifs is 6. The third-order valence-corrected chi connectivity index (χ3v) is 5.42. The van der Waals surface area contributed by atoms with Gasteiger partial charge in [0.25, 0.3) is 0 Å². The smallest absolute Gasteiger partial charge is 0.130 e. The van der Waals surface area contributed by atoms with Crippen LogP contribution in [0.4, 0.5) is 11.4 Å². The van der Waals surface area contributed by atoms with Crippen molar-refractivity contribution in [2.45, 2.75) is 19.3 Å². The van der Waals surface area contributed by atoms with Gasteiger partial charge in [0.05, 0.1) is 11.4 Å². The Morgan fingerprint density at radius 1 is 0.667 bits per heavy atom. The molecule has 0 spiro atoms. The molecule has 0 unspecified atom stereocenters. The van der Waals surface area contributed by atoms with Crippen LogP contribution in [0.3, 0.4) is 0 Å². The standard InChI is InChI=1S/C21H17ClN2/c22-18-10-4-3-9-17(18)21-23-13-15-7-1-2-8-16(15)14-24(21)20-12-6-5-11-19(20)23/h1-12,21H,13-14H2. The molecule has 3 aromatic carbocycles. The maximum Gasteiger partial charge on any atom is 0.130 e. The Balaban J connectivity index is 1.72. The second-order valence-electron chi connectivity index (χ2n) is 6.41. The van der Waals surface area contributed by atoms with E-state index < -0.39 is 0 Å². The average Bonchev–Trinajstić information content (AvgIpc) is 2.80. The molecule has 0 amide bonds. The predicted molar refractivity (Wildman–Crippen MR) is 99.4 cm³/mol. The summed E-state index contributed by atoms with van der Waals surface area (Å²) < 4.78 is 0. The molecule has 0 aliphatic carbocycles. The summed E-state index contributed by atoms with van der Waals surface area (Å²) in [6.45, 7) is 1.80. The van der Waals surface area contributed by atoms with Crippen LogP contribution in [0.1, 0.15) is 22.9 Å². The van der Waals surface area contributed by atoms with Gasteiger partial charge in [0.15, 0.2) is 0 Å². The summed E-state index contributed by atoms with van der Waals surface area (Å²) in [4.78, 5) is 4.95. The number of halogens is 1. The highest BCUT2D eigenvalue weighted by atomic mass is 35.5. The molecule has 5 rings (SSSR count). The molecule has 0 fully saturated rings. The molecule has 0 radical (unpaired) electrons.